The predicted molar refractivity (Wildman–Crippen MR) is 123 cm³/mol. The third-order valence-electron chi connectivity index (χ3n) is 6.52. The highest BCUT2D eigenvalue weighted by Crippen LogP contribution is 2.54. The smallest absolute Gasteiger partial charge is 0.341 e. The summed E-state index contributed by atoms with van der Waals surface area (Å²) in [5, 5.41) is 9.25. The summed E-state index contributed by atoms with van der Waals surface area (Å²) in [4.78, 5) is 26.3. The monoisotopic (exact) mass is 453 g/mol. The number of rotatable bonds is 6. The lowest BCUT2D eigenvalue weighted by Crippen LogP contribution is -2.48. The van der Waals surface area contributed by atoms with Crippen LogP contribution in [-0.4, -0.2) is 47.2 Å². The zero-order valence-electron chi connectivity index (χ0n) is 19.5. The zero-order chi connectivity index (χ0) is 23.8. The number of carboxylic acid groups (broad SMARTS) is 1. The van der Waals surface area contributed by atoms with Gasteiger partial charge in [-0.3, -0.25) is 4.79 Å². The van der Waals surface area contributed by atoms with Crippen molar-refractivity contribution in [1.29, 1.82) is 0 Å². The molecule has 0 saturated carbocycles. The van der Waals surface area contributed by atoms with E-state index in [0.29, 0.717) is 12.3 Å². The summed E-state index contributed by atoms with van der Waals surface area (Å²) in [6.45, 7) is 5.89. The Morgan fingerprint density at radius 3 is 2.58 bits per heavy atom. The molecule has 2 aromatic rings. The molecule has 0 spiro atoms. The summed E-state index contributed by atoms with van der Waals surface area (Å²) >= 11 is 0. The van der Waals surface area contributed by atoms with Gasteiger partial charge in [0.2, 0.25) is 0 Å². The lowest BCUT2D eigenvalue weighted by molar-refractivity contribution is -0.145. The van der Waals surface area contributed by atoms with Gasteiger partial charge >= 0.3 is 5.97 Å². The van der Waals surface area contributed by atoms with E-state index in [9.17, 15) is 14.7 Å². The van der Waals surface area contributed by atoms with Gasteiger partial charge in [0.25, 0.3) is 5.91 Å². The molecule has 0 unspecified atom stereocenters. The Bertz CT molecular complexity index is 1030. The van der Waals surface area contributed by atoms with Crippen LogP contribution < -0.4 is 9.47 Å². The van der Waals surface area contributed by atoms with Gasteiger partial charge in [-0.1, -0.05) is 36.4 Å². The second kappa shape index (κ2) is 9.06. The third-order valence-corrected chi connectivity index (χ3v) is 6.52. The molecule has 1 N–H and O–H groups in total. The van der Waals surface area contributed by atoms with Crippen LogP contribution in [0.3, 0.4) is 0 Å². The van der Waals surface area contributed by atoms with E-state index >= 15 is 0 Å². The van der Waals surface area contributed by atoms with Crippen molar-refractivity contribution in [2.24, 2.45) is 5.92 Å². The molecular weight excluding hydrogens is 422 g/mol. The molecule has 1 fully saturated rings. The predicted octanol–water partition coefficient (Wildman–Crippen LogP) is 4.45. The van der Waals surface area contributed by atoms with E-state index < -0.39 is 18.2 Å². The van der Waals surface area contributed by atoms with E-state index in [4.69, 9.17) is 14.2 Å². The van der Waals surface area contributed by atoms with E-state index in [1.54, 1.807) is 18.0 Å². The number of carbonyl (C=O) groups is 2. The molecule has 176 valence electrons. The summed E-state index contributed by atoms with van der Waals surface area (Å²) in [5.74, 6) is -0.692. The topological polar surface area (TPSA) is 85.3 Å². The molecule has 3 atom stereocenters. The van der Waals surface area contributed by atoms with Gasteiger partial charge in [0.1, 0.15) is 5.60 Å². The van der Waals surface area contributed by atoms with Crippen molar-refractivity contribution in [3.8, 4) is 11.5 Å². The second-order valence-corrected chi connectivity index (χ2v) is 9.45. The number of nitrogens with zero attached hydrogens (tertiary/aromatic N) is 1. The van der Waals surface area contributed by atoms with Crippen molar-refractivity contribution in [2.45, 2.75) is 58.0 Å². The minimum absolute atomic E-state index is 0.106. The Morgan fingerprint density at radius 2 is 1.88 bits per heavy atom. The number of carbonyl (C=O) groups excluding carboxylic acids is 1. The van der Waals surface area contributed by atoms with Crippen LogP contribution in [-0.2, 0) is 16.1 Å². The van der Waals surface area contributed by atoms with E-state index in [1.807, 2.05) is 50.2 Å². The Hall–Kier alpha value is -3.06. The molecule has 2 aromatic carbocycles. The van der Waals surface area contributed by atoms with Crippen molar-refractivity contribution in [3.63, 3.8) is 0 Å². The largest absolute Gasteiger partial charge is 0.483 e. The Balaban J connectivity index is 1.74. The maximum atomic E-state index is 13.4. The molecule has 7 heteroatoms. The van der Waals surface area contributed by atoms with Gasteiger partial charge in [0.15, 0.2) is 18.1 Å². The first-order valence-electron chi connectivity index (χ1n) is 11.3. The lowest BCUT2D eigenvalue weighted by Gasteiger charge is -2.48. The summed E-state index contributed by atoms with van der Waals surface area (Å²) in [5.41, 5.74) is 1.50. The number of benzene rings is 2. The van der Waals surface area contributed by atoms with Gasteiger partial charge in [0.05, 0.1) is 17.8 Å². The second-order valence-electron chi connectivity index (χ2n) is 9.45. The van der Waals surface area contributed by atoms with Crippen LogP contribution in [0.2, 0.25) is 0 Å². The maximum absolute atomic E-state index is 13.4. The summed E-state index contributed by atoms with van der Waals surface area (Å²) < 4.78 is 18.4. The summed E-state index contributed by atoms with van der Waals surface area (Å²) in [7, 11) is 1.71. The van der Waals surface area contributed by atoms with Gasteiger partial charge in [-0.25, -0.2) is 4.79 Å². The molecule has 33 heavy (non-hydrogen) atoms. The van der Waals surface area contributed by atoms with Gasteiger partial charge in [-0.15, -0.1) is 0 Å². The van der Waals surface area contributed by atoms with E-state index in [0.717, 1.165) is 24.0 Å². The van der Waals surface area contributed by atoms with Crippen molar-refractivity contribution in [2.75, 3.05) is 13.7 Å². The Kier molecular flexibility index (Phi) is 6.34. The number of carboxylic acids is 1. The fourth-order valence-corrected chi connectivity index (χ4v) is 4.81. The van der Waals surface area contributed by atoms with Crippen molar-refractivity contribution >= 4 is 11.9 Å². The van der Waals surface area contributed by atoms with Crippen LogP contribution in [0, 0.1) is 5.92 Å². The normalized spacial score (nSPS) is 23.0. The van der Waals surface area contributed by atoms with E-state index in [-0.39, 0.29) is 35.3 Å². The van der Waals surface area contributed by atoms with Crippen molar-refractivity contribution in [1.82, 2.24) is 4.90 Å². The third kappa shape index (κ3) is 4.69. The quantitative estimate of drug-likeness (QED) is 0.696. The van der Waals surface area contributed by atoms with E-state index in [2.05, 4.69) is 6.92 Å². The van der Waals surface area contributed by atoms with Crippen molar-refractivity contribution < 1.29 is 28.9 Å². The molecular formula is C26H31NO6. The Labute approximate surface area is 194 Å². The first kappa shape index (κ1) is 23.1. The molecule has 2 aliphatic heterocycles. The highest BCUT2D eigenvalue weighted by molar-refractivity contribution is 5.98. The number of amides is 1. The standard InChI is InChI=1S/C26H31NO6/c1-16-10-13-20-22(32-16)18-11-12-19(25(30)27(4)14-17-8-6-5-7-9-17)23(31-15-21(28)29)24(18)33-26(20,2)3/h5-9,11-12,16,20,22H,10,13-15H2,1-4H3,(H,28,29)/t16-,20-,22+/m1/s1. The molecule has 0 radical (unpaired) electrons. The molecule has 2 aliphatic rings. The molecule has 0 aromatic heterocycles. The van der Waals surface area contributed by atoms with Gasteiger partial charge in [-0.2, -0.15) is 0 Å². The number of aliphatic carboxylic acids is 1. The number of ether oxygens (including phenoxy) is 3. The zero-order valence-corrected chi connectivity index (χ0v) is 19.5. The average Bonchev–Trinajstić information content (AvgIpc) is 2.77. The molecule has 0 bridgehead atoms. The first-order valence-corrected chi connectivity index (χ1v) is 11.3. The molecule has 7 nitrogen and oxygen atoms in total. The van der Waals surface area contributed by atoms with Gasteiger partial charge in [-0.05, 0) is 45.2 Å². The fourth-order valence-electron chi connectivity index (χ4n) is 4.81. The van der Waals surface area contributed by atoms with Gasteiger partial charge < -0.3 is 24.2 Å². The maximum Gasteiger partial charge on any atom is 0.341 e. The lowest BCUT2D eigenvalue weighted by atomic mass is 9.75. The Morgan fingerprint density at radius 1 is 1.15 bits per heavy atom. The van der Waals surface area contributed by atoms with E-state index in [1.165, 1.54) is 0 Å². The molecule has 2 heterocycles. The van der Waals surface area contributed by atoms with Crippen LogP contribution in [0.15, 0.2) is 42.5 Å². The minimum atomic E-state index is -1.13. The fraction of sp³-hybridized carbons (Fsp3) is 0.462. The minimum Gasteiger partial charge on any atom is -0.483 e. The van der Waals surface area contributed by atoms with Crippen LogP contribution in [0.1, 0.15) is 61.2 Å². The van der Waals surface area contributed by atoms with Crippen molar-refractivity contribution in [3.05, 3.63) is 59.2 Å². The van der Waals surface area contributed by atoms with Gasteiger partial charge in [0, 0.05) is 25.1 Å². The van der Waals surface area contributed by atoms with Crippen LogP contribution in [0.5, 0.6) is 11.5 Å². The van der Waals surface area contributed by atoms with Crippen LogP contribution >= 0.6 is 0 Å². The molecule has 0 aliphatic carbocycles. The first-order chi connectivity index (χ1) is 15.7. The SMILES string of the molecule is C[C@@H]1CC[C@@H]2[C@@H](O1)c1ccc(C(=O)N(C)Cc3ccccc3)c(OCC(=O)O)c1OC2(C)C. The molecule has 1 saturated heterocycles. The van der Waals surface area contributed by atoms with Crippen LogP contribution in [0.4, 0.5) is 0 Å². The summed E-state index contributed by atoms with van der Waals surface area (Å²) in [6.07, 6.45) is 1.82. The number of hydrogen-bond donors (Lipinski definition) is 1. The average molecular weight is 454 g/mol. The van der Waals surface area contributed by atoms with Crippen LogP contribution in [0.25, 0.3) is 0 Å². The molecule has 4 rings (SSSR count). The highest BCUT2D eigenvalue weighted by Gasteiger charge is 2.48. The summed E-state index contributed by atoms with van der Waals surface area (Å²) in [6, 6.07) is 13.2. The highest BCUT2D eigenvalue weighted by atomic mass is 16.6. The molecule has 1 amide bonds. The number of hydrogen-bond acceptors (Lipinski definition) is 5. The number of fused-ring (bicyclic) bond motifs is 3.